The number of hydrogen-bond acceptors (Lipinski definition) is 3. The van der Waals surface area contributed by atoms with Crippen LogP contribution in [0.2, 0.25) is 5.02 Å². The van der Waals surface area contributed by atoms with E-state index in [0.29, 0.717) is 17.3 Å². The Hall–Kier alpha value is -1.27. The molecule has 0 radical (unpaired) electrons. The summed E-state index contributed by atoms with van der Waals surface area (Å²) >= 11 is 6.04. The molecule has 0 aromatic heterocycles. The first-order valence-electron chi connectivity index (χ1n) is 6.76. The molecule has 1 rings (SSSR count). The lowest BCUT2D eigenvalue weighted by Crippen LogP contribution is -2.34. The Balaban J connectivity index is 2.87. The van der Waals surface area contributed by atoms with Crippen molar-refractivity contribution in [2.24, 2.45) is 0 Å². The molecular weight excluding hydrogens is 312 g/mol. The van der Waals surface area contributed by atoms with Crippen molar-refractivity contribution < 1.29 is 13.2 Å². The van der Waals surface area contributed by atoms with E-state index in [-0.39, 0.29) is 18.9 Å². The van der Waals surface area contributed by atoms with Gasteiger partial charge in [0.2, 0.25) is 15.9 Å². The molecule has 7 heteroatoms. The van der Waals surface area contributed by atoms with Crippen LogP contribution in [0.15, 0.2) is 18.2 Å². The van der Waals surface area contributed by atoms with Crippen LogP contribution in [0.4, 0.5) is 5.69 Å². The highest BCUT2D eigenvalue weighted by Gasteiger charge is 2.19. The molecule has 0 aliphatic carbocycles. The van der Waals surface area contributed by atoms with Gasteiger partial charge < -0.3 is 5.32 Å². The number of halogens is 1. The molecule has 0 heterocycles. The Kier molecular flexibility index (Phi) is 6.48. The number of rotatable bonds is 7. The van der Waals surface area contributed by atoms with E-state index in [1.165, 1.54) is 4.31 Å². The highest BCUT2D eigenvalue weighted by molar-refractivity contribution is 7.92. The van der Waals surface area contributed by atoms with Gasteiger partial charge in [-0.25, -0.2) is 8.42 Å². The van der Waals surface area contributed by atoms with E-state index in [1.807, 2.05) is 13.8 Å². The topological polar surface area (TPSA) is 66.5 Å². The summed E-state index contributed by atoms with van der Waals surface area (Å²) in [5.41, 5.74) is 1.34. The van der Waals surface area contributed by atoms with Gasteiger partial charge in [0.25, 0.3) is 0 Å². The van der Waals surface area contributed by atoms with Gasteiger partial charge in [0, 0.05) is 24.5 Å². The van der Waals surface area contributed by atoms with Crippen LogP contribution in [-0.2, 0) is 14.8 Å². The summed E-state index contributed by atoms with van der Waals surface area (Å²) in [5, 5.41) is 3.22. The van der Waals surface area contributed by atoms with Crippen LogP contribution >= 0.6 is 11.6 Å². The average molecular weight is 333 g/mol. The highest BCUT2D eigenvalue weighted by Crippen LogP contribution is 2.24. The summed E-state index contributed by atoms with van der Waals surface area (Å²) in [5.74, 6) is -0.163. The van der Waals surface area contributed by atoms with Crippen LogP contribution in [0.1, 0.15) is 25.3 Å². The van der Waals surface area contributed by atoms with Crippen molar-refractivity contribution in [2.75, 3.05) is 23.7 Å². The van der Waals surface area contributed by atoms with Gasteiger partial charge >= 0.3 is 0 Å². The zero-order valence-electron chi connectivity index (χ0n) is 12.5. The molecule has 1 aromatic rings. The number of anilines is 1. The molecule has 0 unspecified atom stereocenters. The second-order valence-electron chi connectivity index (χ2n) is 4.87. The van der Waals surface area contributed by atoms with E-state index in [1.54, 1.807) is 18.2 Å². The molecule has 0 fully saturated rings. The van der Waals surface area contributed by atoms with Crippen molar-refractivity contribution in [3.8, 4) is 0 Å². The van der Waals surface area contributed by atoms with E-state index >= 15 is 0 Å². The Labute approximate surface area is 131 Å². The van der Waals surface area contributed by atoms with Crippen LogP contribution in [0.5, 0.6) is 0 Å². The van der Waals surface area contributed by atoms with Crippen molar-refractivity contribution in [3.63, 3.8) is 0 Å². The summed E-state index contributed by atoms with van der Waals surface area (Å²) < 4.78 is 25.0. The number of aryl methyl sites for hydroxylation is 1. The van der Waals surface area contributed by atoms with Crippen molar-refractivity contribution in [1.82, 2.24) is 5.32 Å². The molecule has 0 saturated heterocycles. The maximum Gasteiger partial charge on any atom is 0.232 e. The summed E-state index contributed by atoms with van der Waals surface area (Å²) in [4.78, 5) is 11.6. The number of hydrogen-bond donors (Lipinski definition) is 1. The smallest absolute Gasteiger partial charge is 0.232 e. The molecule has 118 valence electrons. The summed E-state index contributed by atoms with van der Waals surface area (Å²) in [6.45, 7) is 4.48. The molecule has 1 amide bonds. The largest absolute Gasteiger partial charge is 0.356 e. The molecule has 0 atom stereocenters. The third kappa shape index (κ3) is 5.55. The maximum atomic E-state index is 11.9. The maximum absolute atomic E-state index is 11.9. The lowest BCUT2D eigenvalue weighted by molar-refractivity contribution is -0.120. The van der Waals surface area contributed by atoms with Gasteiger partial charge in [-0.3, -0.25) is 9.10 Å². The number of carbonyl (C=O) groups excluding carboxylic acids is 1. The third-order valence-corrected chi connectivity index (χ3v) is 4.56. The predicted molar refractivity (Wildman–Crippen MR) is 86.3 cm³/mol. The van der Waals surface area contributed by atoms with Gasteiger partial charge in [-0.1, -0.05) is 24.6 Å². The number of benzene rings is 1. The fourth-order valence-electron chi connectivity index (χ4n) is 1.78. The number of carbonyl (C=O) groups is 1. The first-order valence-corrected chi connectivity index (χ1v) is 8.99. The average Bonchev–Trinajstić information content (AvgIpc) is 2.39. The van der Waals surface area contributed by atoms with Crippen LogP contribution < -0.4 is 9.62 Å². The van der Waals surface area contributed by atoms with E-state index < -0.39 is 10.0 Å². The van der Waals surface area contributed by atoms with E-state index in [4.69, 9.17) is 11.6 Å². The Morgan fingerprint density at radius 1 is 1.38 bits per heavy atom. The second-order valence-corrected chi connectivity index (χ2v) is 7.18. The normalized spacial score (nSPS) is 11.2. The Morgan fingerprint density at radius 2 is 2.05 bits per heavy atom. The molecule has 21 heavy (non-hydrogen) atoms. The standard InChI is InChI=1S/C14H21ClN2O3S/c1-4-8-16-14(18)7-9-17(21(3,19)20)12-6-5-11(2)13(15)10-12/h5-6,10H,4,7-9H2,1-3H3,(H,16,18). The minimum absolute atomic E-state index is 0.0910. The van der Waals surface area contributed by atoms with Crippen molar-refractivity contribution in [1.29, 1.82) is 0 Å². The van der Waals surface area contributed by atoms with Crippen LogP contribution in [0.3, 0.4) is 0 Å². The molecule has 5 nitrogen and oxygen atoms in total. The Bertz CT molecular complexity index is 602. The molecular formula is C14H21ClN2O3S. The summed E-state index contributed by atoms with van der Waals surface area (Å²) in [6.07, 6.45) is 2.07. The molecule has 0 saturated carbocycles. The lowest BCUT2D eigenvalue weighted by Gasteiger charge is -2.22. The number of nitrogens with zero attached hydrogens (tertiary/aromatic N) is 1. The van der Waals surface area contributed by atoms with E-state index in [2.05, 4.69) is 5.32 Å². The minimum Gasteiger partial charge on any atom is -0.356 e. The molecule has 0 bridgehead atoms. The van der Waals surface area contributed by atoms with Gasteiger partial charge in [-0.05, 0) is 31.0 Å². The third-order valence-electron chi connectivity index (χ3n) is 2.96. The summed E-state index contributed by atoms with van der Waals surface area (Å²) in [6, 6.07) is 5.04. The second kappa shape index (κ2) is 7.66. The zero-order valence-corrected chi connectivity index (χ0v) is 14.1. The van der Waals surface area contributed by atoms with Crippen LogP contribution in [0, 0.1) is 6.92 Å². The first kappa shape index (κ1) is 17.8. The highest BCUT2D eigenvalue weighted by atomic mass is 35.5. The molecule has 0 spiro atoms. The van der Waals surface area contributed by atoms with Gasteiger partial charge in [0.15, 0.2) is 0 Å². The van der Waals surface area contributed by atoms with E-state index in [9.17, 15) is 13.2 Å². The predicted octanol–water partition coefficient (Wildman–Crippen LogP) is 2.33. The van der Waals surface area contributed by atoms with Gasteiger partial charge in [-0.15, -0.1) is 0 Å². The number of sulfonamides is 1. The lowest BCUT2D eigenvalue weighted by atomic mass is 10.2. The van der Waals surface area contributed by atoms with Crippen LogP contribution in [0.25, 0.3) is 0 Å². The SMILES string of the molecule is CCCNC(=O)CCN(c1ccc(C)c(Cl)c1)S(C)(=O)=O. The van der Waals surface area contributed by atoms with Gasteiger partial charge in [0.1, 0.15) is 0 Å². The minimum atomic E-state index is -3.47. The summed E-state index contributed by atoms with van der Waals surface area (Å²) in [7, 11) is -3.47. The molecule has 1 aromatic carbocycles. The quantitative estimate of drug-likeness (QED) is 0.833. The fraction of sp³-hybridized carbons (Fsp3) is 0.500. The fourth-order valence-corrected chi connectivity index (χ4v) is 2.87. The molecule has 1 N–H and O–H groups in total. The monoisotopic (exact) mass is 332 g/mol. The van der Waals surface area contributed by atoms with Crippen molar-refractivity contribution in [2.45, 2.75) is 26.7 Å². The number of amides is 1. The Morgan fingerprint density at radius 3 is 2.57 bits per heavy atom. The molecule has 0 aliphatic heterocycles. The first-order chi connectivity index (χ1) is 9.75. The van der Waals surface area contributed by atoms with Crippen molar-refractivity contribution >= 4 is 33.2 Å². The number of nitrogens with one attached hydrogen (secondary N) is 1. The zero-order chi connectivity index (χ0) is 16.0. The molecule has 0 aliphatic rings. The van der Waals surface area contributed by atoms with Crippen LogP contribution in [-0.4, -0.2) is 33.7 Å². The van der Waals surface area contributed by atoms with Gasteiger partial charge in [0.05, 0.1) is 11.9 Å². The van der Waals surface area contributed by atoms with Crippen molar-refractivity contribution in [3.05, 3.63) is 28.8 Å². The van der Waals surface area contributed by atoms with Gasteiger partial charge in [-0.2, -0.15) is 0 Å². The van der Waals surface area contributed by atoms with E-state index in [0.717, 1.165) is 18.2 Å².